The highest BCUT2D eigenvalue weighted by atomic mass is 16.6. The van der Waals surface area contributed by atoms with Crippen molar-refractivity contribution < 1.29 is 19.3 Å². The van der Waals surface area contributed by atoms with Crippen molar-refractivity contribution in [2.24, 2.45) is 0 Å². The molecule has 1 fully saturated rings. The van der Waals surface area contributed by atoms with Crippen LogP contribution >= 0.6 is 0 Å². The van der Waals surface area contributed by atoms with Crippen LogP contribution in [0.25, 0.3) is 0 Å². The summed E-state index contributed by atoms with van der Waals surface area (Å²) in [6.07, 6.45) is 3.22. The molecule has 2 aliphatic rings. The largest absolute Gasteiger partial charge is 0.486 e. The third-order valence-electron chi connectivity index (χ3n) is 4.55. The standard InChI is InChI=1S/C18H23N3O4/c22-16(14-2-3-17-18(10-14)25-9-8-24-17)13-20-6-7-23-15(11-20)12-21-5-1-4-19-21/h1-5,10,15-16,22H,6-9,11-13H2/t15-,16-/m1/s1. The van der Waals surface area contributed by atoms with E-state index in [9.17, 15) is 5.11 Å². The lowest BCUT2D eigenvalue weighted by atomic mass is 10.1. The van der Waals surface area contributed by atoms with E-state index in [4.69, 9.17) is 14.2 Å². The highest BCUT2D eigenvalue weighted by Crippen LogP contribution is 2.32. The molecule has 25 heavy (non-hydrogen) atoms. The number of aliphatic hydroxyl groups excluding tert-OH is 1. The summed E-state index contributed by atoms with van der Waals surface area (Å²) in [6, 6.07) is 7.56. The lowest BCUT2D eigenvalue weighted by Gasteiger charge is -2.34. The second-order valence-corrected chi connectivity index (χ2v) is 6.40. The summed E-state index contributed by atoms with van der Waals surface area (Å²) in [5.74, 6) is 1.45. The molecular formula is C18H23N3O4. The van der Waals surface area contributed by atoms with Crippen LogP contribution in [0.1, 0.15) is 11.7 Å². The first-order chi connectivity index (χ1) is 12.3. The molecule has 0 spiro atoms. The number of fused-ring (bicyclic) bond motifs is 1. The number of aliphatic hydroxyl groups is 1. The van der Waals surface area contributed by atoms with Gasteiger partial charge in [-0.1, -0.05) is 6.07 Å². The first-order valence-electron chi connectivity index (χ1n) is 8.67. The SMILES string of the molecule is O[C@H](CN1CCO[C@@H](Cn2cccn2)C1)c1ccc2c(c1)OCCO2. The van der Waals surface area contributed by atoms with Gasteiger partial charge in [0.1, 0.15) is 13.2 Å². The first kappa shape index (κ1) is 16.4. The Kier molecular flexibility index (Phi) is 4.87. The second kappa shape index (κ2) is 7.43. The van der Waals surface area contributed by atoms with Crippen molar-refractivity contribution in [3.05, 3.63) is 42.2 Å². The maximum absolute atomic E-state index is 10.6. The molecule has 0 saturated carbocycles. The van der Waals surface area contributed by atoms with Gasteiger partial charge in [0.15, 0.2) is 11.5 Å². The number of hydrogen-bond acceptors (Lipinski definition) is 6. The zero-order chi connectivity index (χ0) is 17.1. The van der Waals surface area contributed by atoms with Gasteiger partial charge in [-0.25, -0.2) is 0 Å². The average Bonchev–Trinajstić information content (AvgIpc) is 3.14. The van der Waals surface area contributed by atoms with Crippen LogP contribution in [0.15, 0.2) is 36.7 Å². The second-order valence-electron chi connectivity index (χ2n) is 6.40. The molecule has 1 N–H and O–H groups in total. The third kappa shape index (κ3) is 3.95. The maximum Gasteiger partial charge on any atom is 0.161 e. The van der Waals surface area contributed by atoms with Gasteiger partial charge in [0.2, 0.25) is 0 Å². The molecule has 7 heteroatoms. The molecule has 0 unspecified atom stereocenters. The molecule has 0 bridgehead atoms. The van der Waals surface area contributed by atoms with E-state index in [2.05, 4.69) is 10.00 Å². The lowest BCUT2D eigenvalue weighted by molar-refractivity contribution is -0.0486. The van der Waals surface area contributed by atoms with Crippen LogP contribution in [0.2, 0.25) is 0 Å². The Balaban J connectivity index is 1.36. The van der Waals surface area contributed by atoms with Gasteiger partial charge in [0.25, 0.3) is 0 Å². The fourth-order valence-corrected chi connectivity index (χ4v) is 3.29. The van der Waals surface area contributed by atoms with Gasteiger partial charge >= 0.3 is 0 Å². The minimum Gasteiger partial charge on any atom is -0.486 e. The molecular weight excluding hydrogens is 322 g/mol. The number of aromatic nitrogens is 2. The summed E-state index contributed by atoms with van der Waals surface area (Å²) >= 11 is 0. The van der Waals surface area contributed by atoms with Crippen molar-refractivity contribution in [1.82, 2.24) is 14.7 Å². The predicted octanol–water partition coefficient (Wildman–Crippen LogP) is 1.09. The van der Waals surface area contributed by atoms with Gasteiger partial charge in [-0.2, -0.15) is 5.10 Å². The number of β-amino-alcohol motifs (C(OH)–C–C–N with tert-alkyl or cyclic N) is 1. The Bertz CT molecular complexity index is 692. The number of hydrogen-bond donors (Lipinski definition) is 1. The summed E-state index contributed by atoms with van der Waals surface area (Å²) in [5.41, 5.74) is 0.847. The summed E-state index contributed by atoms with van der Waals surface area (Å²) < 4.78 is 18.8. The maximum atomic E-state index is 10.6. The minimum atomic E-state index is -0.570. The summed E-state index contributed by atoms with van der Waals surface area (Å²) in [4.78, 5) is 2.24. The topological polar surface area (TPSA) is 69.0 Å². The molecule has 7 nitrogen and oxygen atoms in total. The Labute approximate surface area is 146 Å². The summed E-state index contributed by atoms with van der Waals surface area (Å²) in [7, 11) is 0. The normalized spacial score (nSPS) is 21.9. The molecule has 1 saturated heterocycles. The molecule has 2 atom stereocenters. The van der Waals surface area contributed by atoms with E-state index in [1.165, 1.54) is 0 Å². The van der Waals surface area contributed by atoms with E-state index in [-0.39, 0.29) is 6.10 Å². The number of rotatable bonds is 5. The van der Waals surface area contributed by atoms with Crippen LogP contribution in [-0.4, -0.2) is 65.3 Å². The van der Waals surface area contributed by atoms with Crippen molar-refractivity contribution in [3.8, 4) is 11.5 Å². The molecule has 3 heterocycles. The highest BCUT2D eigenvalue weighted by molar-refractivity contribution is 5.44. The van der Waals surface area contributed by atoms with E-state index in [1.807, 2.05) is 35.1 Å². The fraction of sp³-hybridized carbons (Fsp3) is 0.500. The molecule has 2 aliphatic heterocycles. The minimum absolute atomic E-state index is 0.0844. The number of ether oxygens (including phenoxy) is 3. The van der Waals surface area contributed by atoms with Crippen LogP contribution in [0.5, 0.6) is 11.5 Å². The Morgan fingerprint density at radius 1 is 1.20 bits per heavy atom. The molecule has 0 aliphatic carbocycles. The quantitative estimate of drug-likeness (QED) is 0.875. The molecule has 2 aromatic rings. The van der Waals surface area contributed by atoms with Gasteiger partial charge in [0, 0.05) is 32.0 Å². The van der Waals surface area contributed by atoms with Gasteiger partial charge < -0.3 is 19.3 Å². The van der Waals surface area contributed by atoms with Crippen molar-refractivity contribution in [2.45, 2.75) is 18.8 Å². The van der Waals surface area contributed by atoms with Crippen LogP contribution in [0.3, 0.4) is 0 Å². The zero-order valence-corrected chi connectivity index (χ0v) is 14.1. The van der Waals surface area contributed by atoms with Gasteiger partial charge in [-0.05, 0) is 23.8 Å². The zero-order valence-electron chi connectivity index (χ0n) is 14.1. The number of benzene rings is 1. The van der Waals surface area contributed by atoms with E-state index in [0.29, 0.717) is 32.1 Å². The van der Waals surface area contributed by atoms with E-state index < -0.39 is 6.10 Å². The van der Waals surface area contributed by atoms with Gasteiger partial charge in [-0.3, -0.25) is 9.58 Å². The van der Waals surface area contributed by atoms with Crippen molar-refractivity contribution in [3.63, 3.8) is 0 Å². The average molecular weight is 345 g/mol. The lowest BCUT2D eigenvalue weighted by Crippen LogP contribution is -2.45. The Morgan fingerprint density at radius 2 is 2.08 bits per heavy atom. The van der Waals surface area contributed by atoms with Gasteiger partial charge in [0.05, 0.1) is 25.4 Å². The molecule has 0 radical (unpaired) electrons. The summed E-state index contributed by atoms with van der Waals surface area (Å²) in [6.45, 7) is 4.67. The monoisotopic (exact) mass is 345 g/mol. The van der Waals surface area contributed by atoms with Crippen LogP contribution in [0.4, 0.5) is 0 Å². The molecule has 134 valence electrons. The highest BCUT2D eigenvalue weighted by Gasteiger charge is 2.24. The van der Waals surface area contributed by atoms with Crippen LogP contribution in [-0.2, 0) is 11.3 Å². The summed E-state index contributed by atoms with van der Waals surface area (Å²) in [5, 5.41) is 14.8. The first-order valence-corrected chi connectivity index (χ1v) is 8.67. The smallest absolute Gasteiger partial charge is 0.161 e. The number of morpholine rings is 1. The molecule has 1 aromatic carbocycles. The Hall–Kier alpha value is -2.09. The fourth-order valence-electron chi connectivity index (χ4n) is 3.29. The molecule has 0 amide bonds. The van der Waals surface area contributed by atoms with Crippen molar-refractivity contribution in [2.75, 3.05) is 39.5 Å². The Morgan fingerprint density at radius 3 is 2.92 bits per heavy atom. The van der Waals surface area contributed by atoms with Crippen molar-refractivity contribution in [1.29, 1.82) is 0 Å². The van der Waals surface area contributed by atoms with E-state index in [0.717, 1.165) is 30.9 Å². The van der Waals surface area contributed by atoms with Crippen LogP contribution < -0.4 is 9.47 Å². The third-order valence-corrected chi connectivity index (χ3v) is 4.55. The van der Waals surface area contributed by atoms with E-state index in [1.54, 1.807) is 6.20 Å². The number of nitrogens with zero attached hydrogens (tertiary/aromatic N) is 3. The van der Waals surface area contributed by atoms with E-state index >= 15 is 0 Å². The van der Waals surface area contributed by atoms with Crippen LogP contribution in [0, 0.1) is 0 Å². The van der Waals surface area contributed by atoms with Gasteiger partial charge in [-0.15, -0.1) is 0 Å². The molecule has 4 rings (SSSR count). The predicted molar refractivity (Wildman–Crippen MR) is 90.8 cm³/mol. The molecule has 1 aromatic heterocycles. The van der Waals surface area contributed by atoms with Crippen molar-refractivity contribution >= 4 is 0 Å².